The number of hydrogen-bond donors (Lipinski definition) is 1. The maximum absolute atomic E-state index is 9.15. The lowest BCUT2D eigenvalue weighted by Gasteiger charge is -2.21. The molecule has 1 aromatic carbocycles. The first-order valence-electron chi connectivity index (χ1n) is 5.69. The Labute approximate surface area is 101 Å². The quantitative estimate of drug-likeness (QED) is 0.879. The molecule has 0 aliphatic heterocycles. The fraction of sp³-hybridized carbons (Fsp3) is 0.357. The van der Waals surface area contributed by atoms with E-state index >= 15 is 0 Å². The summed E-state index contributed by atoms with van der Waals surface area (Å²) in [5.74, 6) is 0.741. The lowest BCUT2D eigenvalue weighted by atomic mass is 9.97. The van der Waals surface area contributed by atoms with Crippen molar-refractivity contribution in [2.24, 2.45) is 5.41 Å². The number of benzene rings is 1. The van der Waals surface area contributed by atoms with Gasteiger partial charge in [0.15, 0.2) is 0 Å². The molecule has 0 amide bonds. The molecule has 3 nitrogen and oxygen atoms in total. The summed E-state index contributed by atoms with van der Waals surface area (Å²) in [6, 6.07) is 9.88. The Morgan fingerprint density at radius 2 is 2.06 bits per heavy atom. The van der Waals surface area contributed by atoms with Gasteiger partial charge in [-0.05, 0) is 12.1 Å². The van der Waals surface area contributed by atoms with Crippen molar-refractivity contribution in [1.29, 1.82) is 0 Å². The predicted octanol–water partition coefficient (Wildman–Crippen LogP) is 2.63. The third-order valence-corrected chi connectivity index (χ3v) is 2.62. The van der Waals surface area contributed by atoms with Gasteiger partial charge in [0.05, 0.1) is 24.9 Å². The van der Waals surface area contributed by atoms with Crippen LogP contribution in [0.3, 0.4) is 0 Å². The molecule has 0 atom stereocenters. The van der Waals surface area contributed by atoms with Gasteiger partial charge in [0.25, 0.3) is 0 Å². The molecular weight excluding hydrogens is 214 g/mol. The highest BCUT2D eigenvalue weighted by Gasteiger charge is 2.17. The predicted molar refractivity (Wildman–Crippen MR) is 68.1 cm³/mol. The first-order chi connectivity index (χ1) is 8.11. The number of aliphatic hydroxyl groups excluding tert-OH is 1. The lowest BCUT2D eigenvalue weighted by molar-refractivity contribution is 0.0974. The molecular formula is C14H17NO2. The van der Waals surface area contributed by atoms with Crippen molar-refractivity contribution in [3.8, 4) is 5.75 Å². The van der Waals surface area contributed by atoms with Crippen LogP contribution < -0.4 is 4.74 Å². The molecule has 0 saturated carbocycles. The summed E-state index contributed by atoms with van der Waals surface area (Å²) in [5, 5.41) is 10.2. The fourth-order valence-electron chi connectivity index (χ4n) is 1.45. The monoisotopic (exact) mass is 231 g/mol. The van der Waals surface area contributed by atoms with Gasteiger partial charge in [-0.2, -0.15) is 0 Å². The molecule has 0 bridgehead atoms. The average Bonchev–Trinajstić information content (AvgIpc) is 2.36. The van der Waals surface area contributed by atoms with Crippen molar-refractivity contribution >= 4 is 10.9 Å². The van der Waals surface area contributed by atoms with Crippen LogP contribution in [0.2, 0.25) is 0 Å². The Bertz CT molecular complexity index is 508. The van der Waals surface area contributed by atoms with Crippen molar-refractivity contribution in [3.05, 3.63) is 36.5 Å². The van der Waals surface area contributed by atoms with Crippen LogP contribution in [0.5, 0.6) is 5.75 Å². The summed E-state index contributed by atoms with van der Waals surface area (Å²) < 4.78 is 5.65. The summed E-state index contributed by atoms with van der Waals surface area (Å²) in [4.78, 5) is 4.32. The maximum Gasteiger partial charge on any atom is 0.138 e. The Morgan fingerprint density at radius 3 is 2.82 bits per heavy atom. The molecule has 0 unspecified atom stereocenters. The molecule has 1 heterocycles. The number of aromatic nitrogens is 1. The van der Waals surface area contributed by atoms with Gasteiger partial charge >= 0.3 is 0 Å². The minimum atomic E-state index is -0.231. The largest absolute Gasteiger partial charge is 0.491 e. The SMILES string of the molecule is CC(C)(CO)COc1cnc2ccccc2c1. The van der Waals surface area contributed by atoms with Crippen molar-refractivity contribution in [3.63, 3.8) is 0 Å². The van der Waals surface area contributed by atoms with Crippen LogP contribution >= 0.6 is 0 Å². The number of pyridine rings is 1. The normalized spacial score (nSPS) is 11.7. The molecule has 90 valence electrons. The van der Waals surface area contributed by atoms with E-state index in [0.717, 1.165) is 16.7 Å². The average molecular weight is 231 g/mol. The third kappa shape index (κ3) is 2.94. The van der Waals surface area contributed by atoms with E-state index in [4.69, 9.17) is 9.84 Å². The molecule has 0 aliphatic rings. The topological polar surface area (TPSA) is 42.4 Å². The lowest BCUT2D eigenvalue weighted by Crippen LogP contribution is -2.25. The van der Waals surface area contributed by atoms with Crippen LogP contribution in [-0.2, 0) is 0 Å². The molecule has 0 spiro atoms. The molecule has 3 heteroatoms. The standard InChI is InChI=1S/C14H17NO2/c1-14(2,9-16)10-17-12-7-11-5-3-4-6-13(11)15-8-12/h3-8,16H,9-10H2,1-2H3. The maximum atomic E-state index is 9.15. The highest BCUT2D eigenvalue weighted by Crippen LogP contribution is 2.21. The first kappa shape index (κ1) is 11.9. The number of ether oxygens (including phenoxy) is 1. The van der Waals surface area contributed by atoms with E-state index in [0.29, 0.717) is 6.61 Å². The molecule has 1 aromatic heterocycles. The number of fused-ring (bicyclic) bond motifs is 1. The number of para-hydroxylation sites is 1. The molecule has 0 fully saturated rings. The smallest absolute Gasteiger partial charge is 0.138 e. The van der Waals surface area contributed by atoms with E-state index in [1.54, 1.807) is 6.20 Å². The van der Waals surface area contributed by atoms with E-state index in [2.05, 4.69) is 4.98 Å². The van der Waals surface area contributed by atoms with E-state index < -0.39 is 0 Å². The van der Waals surface area contributed by atoms with Crippen LogP contribution in [0, 0.1) is 5.41 Å². The molecule has 17 heavy (non-hydrogen) atoms. The first-order valence-corrected chi connectivity index (χ1v) is 5.69. The third-order valence-electron chi connectivity index (χ3n) is 2.62. The van der Waals surface area contributed by atoms with Crippen LogP contribution in [0.4, 0.5) is 0 Å². The minimum Gasteiger partial charge on any atom is -0.491 e. The van der Waals surface area contributed by atoms with Crippen LogP contribution in [0.15, 0.2) is 36.5 Å². The van der Waals surface area contributed by atoms with E-state index in [9.17, 15) is 0 Å². The van der Waals surface area contributed by atoms with E-state index in [1.807, 2.05) is 44.2 Å². The zero-order valence-corrected chi connectivity index (χ0v) is 10.2. The summed E-state index contributed by atoms with van der Waals surface area (Å²) in [6.45, 7) is 4.50. The summed E-state index contributed by atoms with van der Waals surface area (Å²) in [5.41, 5.74) is 0.729. The zero-order chi connectivity index (χ0) is 12.3. The Morgan fingerprint density at radius 1 is 1.29 bits per heavy atom. The van der Waals surface area contributed by atoms with Crippen LogP contribution in [0.25, 0.3) is 10.9 Å². The van der Waals surface area contributed by atoms with Gasteiger partial charge in [-0.15, -0.1) is 0 Å². The molecule has 0 radical (unpaired) electrons. The second-order valence-corrected chi connectivity index (χ2v) is 4.97. The molecule has 0 aliphatic carbocycles. The summed E-state index contributed by atoms with van der Waals surface area (Å²) in [7, 11) is 0. The van der Waals surface area contributed by atoms with Crippen molar-refractivity contribution in [2.45, 2.75) is 13.8 Å². The summed E-state index contributed by atoms with van der Waals surface area (Å²) in [6.07, 6.45) is 1.72. The number of aliphatic hydroxyl groups is 1. The van der Waals surface area contributed by atoms with Crippen molar-refractivity contribution in [1.82, 2.24) is 4.98 Å². The van der Waals surface area contributed by atoms with Gasteiger partial charge in [0, 0.05) is 10.8 Å². The Balaban J connectivity index is 2.14. The Kier molecular flexibility index (Phi) is 3.29. The van der Waals surface area contributed by atoms with E-state index in [1.165, 1.54) is 0 Å². The van der Waals surface area contributed by atoms with Gasteiger partial charge in [-0.25, -0.2) is 0 Å². The van der Waals surface area contributed by atoms with Gasteiger partial charge in [-0.1, -0.05) is 32.0 Å². The van der Waals surface area contributed by atoms with Crippen molar-refractivity contribution < 1.29 is 9.84 Å². The van der Waals surface area contributed by atoms with E-state index in [-0.39, 0.29) is 12.0 Å². The van der Waals surface area contributed by atoms with Crippen molar-refractivity contribution in [2.75, 3.05) is 13.2 Å². The summed E-state index contributed by atoms with van der Waals surface area (Å²) >= 11 is 0. The second kappa shape index (κ2) is 4.72. The molecule has 2 rings (SSSR count). The van der Waals surface area contributed by atoms with Crippen LogP contribution in [0.1, 0.15) is 13.8 Å². The zero-order valence-electron chi connectivity index (χ0n) is 10.2. The van der Waals surface area contributed by atoms with Gasteiger partial charge in [0.2, 0.25) is 0 Å². The highest BCUT2D eigenvalue weighted by atomic mass is 16.5. The number of hydrogen-bond acceptors (Lipinski definition) is 3. The molecule has 2 aromatic rings. The van der Waals surface area contributed by atoms with Gasteiger partial charge in [-0.3, -0.25) is 4.98 Å². The van der Waals surface area contributed by atoms with Gasteiger partial charge in [0.1, 0.15) is 5.75 Å². The van der Waals surface area contributed by atoms with Gasteiger partial charge < -0.3 is 9.84 Å². The fourth-order valence-corrected chi connectivity index (χ4v) is 1.45. The molecule has 1 N–H and O–H groups in total. The Hall–Kier alpha value is -1.61. The highest BCUT2D eigenvalue weighted by molar-refractivity contribution is 5.79. The number of rotatable bonds is 4. The second-order valence-electron chi connectivity index (χ2n) is 4.97. The number of nitrogens with zero attached hydrogens (tertiary/aromatic N) is 1. The van der Waals surface area contributed by atoms with Crippen LogP contribution in [-0.4, -0.2) is 23.3 Å². The minimum absolute atomic E-state index is 0.105. The molecule has 0 saturated heterocycles.